The molecule has 1 heterocycles. The lowest BCUT2D eigenvalue weighted by atomic mass is 10.1. The van der Waals surface area contributed by atoms with Crippen molar-refractivity contribution < 1.29 is 22.6 Å². The standard InChI is InChI=1S/C24H18F3NO2/c1-16(17-7-3-2-4-8-17)29-23-21-10-6-5-9-19(21)15-22(28-23)18-11-13-20(14-12-18)30-24(25,26)27/h2-16H,1H3. The second-order valence-corrected chi connectivity index (χ2v) is 6.78. The first kappa shape index (κ1) is 19.8. The zero-order chi connectivity index (χ0) is 21.1. The minimum absolute atomic E-state index is 0.222. The molecule has 152 valence electrons. The summed E-state index contributed by atoms with van der Waals surface area (Å²) >= 11 is 0. The van der Waals surface area contributed by atoms with Gasteiger partial charge in [-0.2, -0.15) is 0 Å². The van der Waals surface area contributed by atoms with Crippen molar-refractivity contribution >= 4 is 10.8 Å². The molecular formula is C24H18F3NO2. The lowest BCUT2D eigenvalue weighted by Crippen LogP contribution is -2.16. The number of hydrogen-bond acceptors (Lipinski definition) is 3. The van der Waals surface area contributed by atoms with Gasteiger partial charge in [0.2, 0.25) is 5.88 Å². The molecule has 4 rings (SSSR count). The first-order chi connectivity index (χ1) is 14.4. The fourth-order valence-corrected chi connectivity index (χ4v) is 3.19. The molecule has 0 saturated heterocycles. The highest BCUT2D eigenvalue weighted by atomic mass is 19.4. The van der Waals surface area contributed by atoms with Crippen molar-refractivity contribution in [3.8, 4) is 22.9 Å². The molecule has 4 aromatic rings. The van der Waals surface area contributed by atoms with Gasteiger partial charge in [0.15, 0.2) is 0 Å². The summed E-state index contributed by atoms with van der Waals surface area (Å²) in [4.78, 5) is 4.66. The summed E-state index contributed by atoms with van der Waals surface area (Å²) in [6.45, 7) is 1.95. The van der Waals surface area contributed by atoms with E-state index in [0.29, 0.717) is 17.1 Å². The van der Waals surface area contributed by atoms with Crippen molar-refractivity contribution in [3.63, 3.8) is 0 Å². The molecule has 0 aliphatic heterocycles. The van der Waals surface area contributed by atoms with E-state index in [-0.39, 0.29) is 11.9 Å². The van der Waals surface area contributed by atoms with Crippen LogP contribution in [0, 0.1) is 0 Å². The molecule has 0 saturated carbocycles. The number of hydrogen-bond donors (Lipinski definition) is 0. The number of ether oxygens (including phenoxy) is 2. The third-order valence-electron chi connectivity index (χ3n) is 4.65. The summed E-state index contributed by atoms with van der Waals surface area (Å²) in [6.07, 6.45) is -4.95. The van der Waals surface area contributed by atoms with Gasteiger partial charge in [-0.3, -0.25) is 0 Å². The second-order valence-electron chi connectivity index (χ2n) is 6.78. The third kappa shape index (κ3) is 4.54. The largest absolute Gasteiger partial charge is 0.573 e. The molecule has 0 aliphatic carbocycles. The average molecular weight is 409 g/mol. The van der Waals surface area contributed by atoms with Gasteiger partial charge in [0.25, 0.3) is 0 Å². The smallest absolute Gasteiger partial charge is 0.469 e. The SMILES string of the molecule is CC(Oc1nc(-c2ccc(OC(F)(F)F)cc2)cc2ccccc12)c1ccccc1. The first-order valence-electron chi connectivity index (χ1n) is 9.37. The lowest BCUT2D eigenvalue weighted by Gasteiger charge is -2.17. The number of rotatable bonds is 5. The predicted molar refractivity (Wildman–Crippen MR) is 109 cm³/mol. The lowest BCUT2D eigenvalue weighted by molar-refractivity contribution is -0.274. The number of aromatic nitrogens is 1. The summed E-state index contributed by atoms with van der Waals surface area (Å²) in [6, 6.07) is 25.0. The minimum Gasteiger partial charge on any atom is -0.469 e. The average Bonchev–Trinajstić information content (AvgIpc) is 2.73. The monoisotopic (exact) mass is 409 g/mol. The van der Waals surface area contributed by atoms with Gasteiger partial charge >= 0.3 is 6.36 Å². The summed E-state index contributed by atoms with van der Waals surface area (Å²) < 4.78 is 47.3. The molecule has 0 amide bonds. The Labute approximate surface area is 171 Å². The highest BCUT2D eigenvalue weighted by molar-refractivity contribution is 5.90. The summed E-state index contributed by atoms with van der Waals surface area (Å²) in [5.74, 6) is 0.191. The number of nitrogens with zero attached hydrogens (tertiary/aromatic N) is 1. The number of pyridine rings is 1. The van der Waals surface area contributed by atoms with Gasteiger partial charge in [0, 0.05) is 10.9 Å². The van der Waals surface area contributed by atoms with Gasteiger partial charge in [0.1, 0.15) is 11.9 Å². The molecule has 1 aromatic heterocycles. The Morgan fingerprint density at radius 3 is 2.20 bits per heavy atom. The molecule has 3 aromatic carbocycles. The van der Waals surface area contributed by atoms with Crippen LogP contribution >= 0.6 is 0 Å². The third-order valence-corrected chi connectivity index (χ3v) is 4.65. The number of halogens is 3. The molecule has 0 bridgehead atoms. The molecule has 30 heavy (non-hydrogen) atoms. The van der Waals surface area contributed by atoms with Crippen LogP contribution in [0.4, 0.5) is 13.2 Å². The van der Waals surface area contributed by atoms with Crippen molar-refractivity contribution in [2.45, 2.75) is 19.4 Å². The molecule has 3 nitrogen and oxygen atoms in total. The molecule has 6 heteroatoms. The number of alkyl halides is 3. The van der Waals surface area contributed by atoms with Gasteiger partial charge in [-0.1, -0.05) is 48.5 Å². The Bertz CT molecular complexity index is 1140. The molecule has 0 radical (unpaired) electrons. The van der Waals surface area contributed by atoms with Crippen LogP contribution in [0.25, 0.3) is 22.0 Å². The maximum absolute atomic E-state index is 12.4. The van der Waals surface area contributed by atoms with E-state index in [1.165, 1.54) is 12.1 Å². The van der Waals surface area contributed by atoms with E-state index >= 15 is 0 Å². The van der Waals surface area contributed by atoms with E-state index in [9.17, 15) is 13.2 Å². The topological polar surface area (TPSA) is 31.4 Å². The van der Waals surface area contributed by atoms with E-state index in [2.05, 4.69) is 9.72 Å². The van der Waals surface area contributed by atoms with Crippen molar-refractivity contribution in [2.24, 2.45) is 0 Å². The predicted octanol–water partition coefficient (Wildman–Crippen LogP) is 6.94. The Hall–Kier alpha value is -3.54. The first-order valence-corrected chi connectivity index (χ1v) is 9.37. The number of fused-ring (bicyclic) bond motifs is 1. The molecule has 0 aliphatic rings. The Kier molecular flexibility index (Phi) is 5.31. The normalized spacial score (nSPS) is 12.5. The van der Waals surface area contributed by atoms with Crippen molar-refractivity contribution in [3.05, 3.63) is 90.5 Å². The molecular weight excluding hydrogens is 391 g/mol. The highest BCUT2D eigenvalue weighted by Crippen LogP contribution is 2.33. The minimum atomic E-state index is -4.72. The van der Waals surface area contributed by atoms with Crippen LogP contribution in [0.1, 0.15) is 18.6 Å². The summed E-state index contributed by atoms with van der Waals surface area (Å²) in [5.41, 5.74) is 2.28. The highest BCUT2D eigenvalue weighted by Gasteiger charge is 2.31. The van der Waals surface area contributed by atoms with Gasteiger partial charge in [-0.05, 0) is 54.3 Å². The van der Waals surface area contributed by atoms with Gasteiger partial charge in [0.05, 0.1) is 5.69 Å². The molecule has 1 atom stereocenters. The van der Waals surface area contributed by atoms with E-state index in [4.69, 9.17) is 4.74 Å². The van der Waals surface area contributed by atoms with Crippen molar-refractivity contribution in [2.75, 3.05) is 0 Å². The van der Waals surface area contributed by atoms with Crippen molar-refractivity contribution in [1.29, 1.82) is 0 Å². The Morgan fingerprint density at radius 2 is 1.50 bits per heavy atom. The number of benzene rings is 3. The van der Waals surface area contributed by atoms with Gasteiger partial charge in [-0.15, -0.1) is 13.2 Å². The molecule has 1 unspecified atom stereocenters. The quantitative estimate of drug-likeness (QED) is 0.358. The van der Waals surface area contributed by atoms with Gasteiger partial charge in [-0.25, -0.2) is 4.98 Å². The molecule has 0 fully saturated rings. The van der Waals surface area contributed by atoms with E-state index in [1.54, 1.807) is 12.1 Å². The van der Waals surface area contributed by atoms with Crippen LogP contribution in [-0.4, -0.2) is 11.3 Å². The van der Waals surface area contributed by atoms with Crippen molar-refractivity contribution in [1.82, 2.24) is 4.98 Å². The zero-order valence-corrected chi connectivity index (χ0v) is 16.1. The van der Waals surface area contributed by atoms with Crippen LogP contribution in [0.3, 0.4) is 0 Å². The van der Waals surface area contributed by atoms with Crippen LogP contribution < -0.4 is 9.47 Å². The second kappa shape index (κ2) is 8.06. The molecule has 0 spiro atoms. The van der Waals surface area contributed by atoms with Crippen LogP contribution in [-0.2, 0) is 0 Å². The Balaban J connectivity index is 1.69. The fourth-order valence-electron chi connectivity index (χ4n) is 3.19. The fraction of sp³-hybridized carbons (Fsp3) is 0.125. The van der Waals surface area contributed by atoms with E-state index in [1.807, 2.05) is 67.6 Å². The van der Waals surface area contributed by atoms with Crippen LogP contribution in [0.15, 0.2) is 84.9 Å². The zero-order valence-electron chi connectivity index (χ0n) is 16.1. The van der Waals surface area contributed by atoms with Crippen LogP contribution in [0.2, 0.25) is 0 Å². The van der Waals surface area contributed by atoms with Crippen LogP contribution in [0.5, 0.6) is 11.6 Å². The molecule has 0 N–H and O–H groups in total. The summed E-state index contributed by atoms with van der Waals surface area (Å²) in [7, 11) is 0. The van der Waals surface area contributed by atoms with E-state index in [0.717, 1.165) is 16.3 Å². The maximum atomic E-state index is 12.4. The Morgan fingerprint density at radius 1 is 0.833 bits per heavy atom. The van der Waals surface area contributed by atoms with Gasteiger partial charge < -0.3 is 9.47 Å². The maximum Gasteiger partial charge on any atom is 0.573 e. The van der Waals surface area contributed by atoms with E-state index < -0.39 is 6.36 Å². The summed E-state index contributed by atoms with van der Waals surface area (Å²) in [5, 5.41) is 1.79.